The van der Waals surface area contributed by atoms with Crippen LogP contribution >= 0.6 is 0 Å². The molecule has 6 fully saturated rings. The Morgan fingerprint density at radius 1 is 0.854 bits per heavy atom. The van der Waals surface area contributed by atoms with Crippen molar-refractivity contribution in [3.05, 3.63) is 0 Å². The lowest BCUT2D eigenvalue weighted by Gasteiger charge is -2.78. The monoisotopic (exact) mass is 572 g/mol. The molecular formula is C36H60O5. The molecule has 3 N–H and O–H groups in total. The fourth-order valence-corrected chi connectivity index (χ4v) is 13.7. The van der Waals surface area contributed by atoms with Gasteiger partial charge in [0.25, 0.3) is 0 Å². The van der Waals surface area contributed by atoms with Crippen molar-refractivity contribution in [2.45, 2.75) is 150 Å². The Labute approximate surface area is 249 Å². The second kappa shape index (κ2) is 9.43. The van der Waals surface area contributed by atoms with Gasteiger partial charge >= 0.3 is 5.97 Å². The summed E-state index contributed by atoms with van der Waals surface area (Å²) in [7, 11) is 0. The highest BCUT2D eigenvalue weighted by molar-refractivity contribution is 5.74. The van der Waals surface area contributed by atoms with Crippen LogP contribution in [0.3, 0.4) is 0 Å². The van der Waals surface area contributed by atoms with Gasteiger partial charge in [-0.15, -0.1) is 0 Å². The smallest absolute Gasteiger partial charge is 0.309 e. The minimum Gasteiger partial charge on any atom is -0.481 e. The molecule has 5 nitrogen and oxygen atoms in total. The average Bonchev–Trinajstić information content (AvgIpc) is 3.09. The van der Waals surface area contributed by atoms with Crippen LogP contribution in [0.4, 0.5) is 0 Å². The van der Waals surface area contributed by atoms with Crippen LogP contribution in [0.1, 0.15) is 144 Å². The van der Waals surface area contributed by atoms with Gasteiger partial charge in [-0.3, -0.25) is 4.79 Å². The zero-order valence-electron chi connectivity index (χ0n) is 27.1. The molecule has 0 unspecified atom stereocenters. The van der Waals surface area contributed by atoms with Crippen molar-refractivity contribution < 1.29 is 24.9 Å². The molecule has 0 aromatic carbocycles. The predicted octanol–water partition coefficient (Wildman–Crippen LogP) is 7.96. The average molecular weight is 573 g/mol. The Balaban J connectivity index is 1.46. The molecule has 6 aliphatic rings. The first-order valence-electron chi connectivity index (χ1n) is 17.4. The summed E-state index contributed by atoms with van der Waals surface area (Å²) in [6.45, 7) is 15.0. The van der Waals surface area contributed by atoms with E-state index in [2.05, 4.69) is 34.6 Å². The Morgan fingerprint density at radius 3 is 2.24 bits per heavy atom. The molecule has 1 heterocycles. The Hall–Kier alpha value is -0.650. The summed E-state index contributed by atoms with van der Waals surface area (Å²) in [5.41, 5.74) is -0.599. The van der Waals surface area contributed by atoms with Crippen molar-refractivity contribution in [2.75, 3.05) is 13.2 Å². The second-order valence-electron chi connectivity index (χ2n) is 17.4. The number of carboxylic acids is 1. The predicted molar refractivity (Wildman–Crippen MR) is 161 cm³/mol. The second-order valence-corrected chi connectivity index (χ2v) is 17.4. The number of aliphatic carboxylic acids is 1. The number of rotatable bonds is 7. The summed E-state index contributed by atoms with van der Waals surface area (Å²) in [5.74, 6) is -0.682. The van der Waals surface area contributed by atoms with Crippen molar-refractivity contribution in [3.8, 4) is 0 Å². The number of aliphatic hydroxyl groups excluding tert-OH is 1. The summed E-state index contributed by atoms with van der Waals surface area (Å²) in [5, 5.41) is 33.4. The first-order valence-corrected chi connectivity index (χ1v) is 17.4. The number of fused-ring (bicyclic) bond motifs is 7. The number of hydrogen-bond acceptors (Lipinski definition) is 4. The van der Waals surface area contributed by atoms with Gasteiger partial charge in [0, 0.05) is 29.8 Å². The van der Waals surface area contributed by atoms with Gasteiger partial charge in [-0.05, 0) is 111 Å². The molecule has 11 atom stereocenters. The van der Waals surface area contributed by atoms with Gasteiger partial charge in [0.1, 0.15) is 0 Å². The van der Waals surface area contributed by atoms with E-state index in [-0.39, 0.29) is 45.0 Å². The Morgan fingerprint density at radius 2 is 1.56 bits per heavy atom. The lowest BCUT2D eigenvalue weighted by Crippen LogP contribution is -2.73. The minimum absolute atomic E-state index is 0.0243. The van der Waals surface area contributed by atoms with Gasteiger partial charge < -0.3 is 20.1 Å². The maximum Gasteiger partial charge on any atom is 0.309 e. The molecule has 1 aliphatic heterocycles. The van der Waals surface area contributed by atoms with Crippen LogP contribution in [0.2, 0.25) is 0 Å². The summed E-state index contributed by atoms with van der Waals surface area (Å²) >= 11 is 0. The van der Waals surface area contributed by atoms with Crippen LogP contribution in [0, 0.1) is 55.7 Å². The summed E-state index contributed by atoms with van der Waals surface area (Å²) < 4.78 is 6.23. The SMILES string of the molecule is CCCCCC[C@@]12CC[C@]3(C)[C@H](CC[C@@]45CO[C@@](O)(CC[C@]43CO)[C@@H]5C)[C@@]1(C)CC[C@@]1(C)CC[C@@](C)(C(=O)O)C[C@H]12. The van der Waals surface area contributed by atoms with E-state index in [0.717, 1.165) is 51.4 Å². The maximum atomic E-state index is 12.7. The highest BCUT2D eigenvalue weighted by atomic mass is 16.6. The molecule has 41 heavy (non-hydrogen) atoms. The minimum atomic E-state index is -1.04. The van der Waals surface area contributed by atoms with E-state index in [9.17, 15) is 20.1 Å². The van der Waals surface area contributed by atoms with E-state index in [1.807, 2.05) is 6.92 Å². The number of ether oxygens (including phenoxy) is 1. The number of unbranched alkanes of at least 4 members (excludes halogenated alkanes) is 3. The largest absolute Gasteiger partial charge is 0.481 e. The molecule has 0 radical (unpaired) electrons. The van der Waals surface area contributed by atoms with Crippen LogP contribution in [0.5, 0.6) is 0 Å². The Bertz CT molecular complexity index is 1060. The van der Waals surface area contributed by atoms with Gasteiger partial charge in [-0.25, -0.2) is 0 Å². The summed E-state index contributed by atoms with van der Waals surface area (Å²) in [4.78, 5) is 12.7. The highest BCUT2D eigenvalue weighted by Gasteiger charge is 2.79. The third-order valence-corrected chi connectivity index (χ3v) is 16.6. The third kappa shape index (κ3) is 3.55. The fraction of sp³-hybridized carbons (Fsp3) is 0.972. The van der Waals surface area contributed by atoms with E-state index >= 15 is 0 Å². The summed E-state index contributed by atoms with van der Waals surface area (Å²) in [6.07, 6.45) is 17.2. The molecule has 5 saturated carbocycles. The molecule has 5 heteroatoms. The quantitative estimate of drug-likeness (QED) is 0.269. The van der Waals surface area contributed by atoms with Crippen LogP contribution in [0.15, 0.2) is 0 Å². The van der Waals surface area contributed by atoms with Crippen molar-refractivity contribution in [2.24, 2.45) is 55.7 Å². The molecule has 0 aromatic heterocycles. The van der Waals surface area contributed by atoms with Crippen molar-refractivity contribution >= 4 is 5.97 Å². The van der Waals surface area contributed by atoms with Gasteiger partial charge in [-0.1, -0.05) is 60.3 Å². The van der Waals surface area contributed by atoms with E-state index in [0.29, 0.717) is 24.9 Å². The first-order chi connectivity index (χ1) is 19.2. The van der Waals surface area contributed by atoms with E-state index in [4.69, 9.17) is 4.74 Å². The molecule has 1 saturated heterocycles. The molecule has 5 aliphatic carbocycles. The van der Waals surface area contributed by atoms with E-state index in [1.54, 1.807) is 0 Å². The lowest BCUT2D eigenvalue weighted by molar-refractivity contribution is -0.310. The van der Waals surface area contributed by atoms with Gasteiger partial charge in [0.15, 0.2) is 5.79 Å². The van der Waals surface area contributed by atoms with Crippen molar-refractivity contribution in [3.63, 3.8) is 0 Å². The Kier molecular flexibility index (Phi) is 6.99. The standard InChI is InChI=1S/C36H60O5/c1-7-8-9-10-12-33-19-18-32(6)26(11-13-34-24-41-36(40,25(34)2)21-20-35(32,34)23-37)31(33,5)17-16-29(3)14-15-30(4,28(38)39)22-27(29)33/h25-27,37,40H,7-24H2,1-6H3,(H,38,39)/t25-,26-,27-,29-,30-,31-,32-,33+,34+,35-,36+/m1/s1. The van der Waals surface area contributed by atoms with Gasteiger partial charge in [0.05, 0.1) is 12.0 Å². The molecular weight excluding hydrogens is 512 g/mol. The van der Waals surface area contributed by atoms with Crippen LogP contribution in [-0.2, 0) is 9.53 Å². The van der Waals surface area contributed by atoms with E-state index < -0.39 is 17.2 Å². The van der Waals surface area contributed by atoms with Crippen LogP contribution < -0.4 is 0 Å². The molecule has 0 aromatic rings. The normalized spacial score (nSPS) is 55.9. The molecule has 234 valence electrons. The third-order valence-electron chi connectivity index (χ3n) is 16.6. The zero-order valence-corrected chi connectivity index (χ0v) is 27.1. The number of carboxylic acid groups (broad SMARTS) is 1. The number of carbonyl (C=O) groups is 1. The fourth-order valence-electron chi connectivity index (χ4n) is 13.7. The number of hydrogen-bond donors (Lipinski definition) is 3. The lowest BCUT2D eigenvalue weighted by atomic mass is 9.26. The maximum absolute atomic E-state index is 12.7. The molecule has 2 bridgehead atoms. The van der Waals surface area contributed by atoms with Gasteiger partial charge in [-0.2, -0.15) is 0 Å². The molecule has 6 rings (SSSR count). The van der Waals surface area contributed by atoms with Crippen molar-refractivity contribution in [1.82, 2.24) is 0 Å². The summed E-state index contributed by atoms with van der Waals surface area (Å²) in [6, 6.07) is 0. The number of aliphatic hydroxyl groups is 2. The van der Waals surface area contributed by atoms with Crippen molar-refractivity contribution in [1.29, 1.82) is 0 Å². The first kappa shape index (κ1) is 30.4. The highest BCUT2D eigenvalue weighted by Crippen LogP contribution is 2.83. The van der Waals surface area contributed by atoms with E-state index in [1.165, 1.54) is 44.9 Å². The zero-order chi connectivity index (χ0) is 29.7. The topological polar surface area (TPSA) is 87.0 Å². The molecule has 0 amide bonds. The molecule has 1 spiro atoms. The van der Waals surface area contributed by atoms with Crippen LogP contribution in [0.25, 0.3) is 0 Å². The van der Waals surface area contributed by atoms with Crippen LogP contribution in [-0.4, -0.2) is 40.3 Å². The van der Waals surface area contributed by atoms with Gasteiger partial charge in [0.2, 0.25) is 0 Å².